The fourth-order valence-electron chi connectivity index (χ4n) is 4.54. The number of hydrogen-bond donors (Lipinski definition) is 0. The molecule has 0 saturated carbocycles. The van der Waals surface area contributed by atoms with Crippen LogP contribution in [0.3, 0.4) is 0 Å². The standard InChI is InChI=1S/C25H32N4O/c1-3-13-28(18-22-15-25(30)29-16-20(2)11-12-24(29)26-22)23-10-7-14-27(19-23)17-21-8-5-4-6-9-21/h4-6,8-9,11-12,15-16,23H,3,7,10,13-14,17-19H2,1-2H3. The number of benzene rings is 1. The van der Waals surface area contributed by atoms with Gasteiger partial charge in [-0.1, -0.05) is 43.3 Å². The maximum atomic E-state index is 12.6. The molecule has 158 valence electrons. The molecular weight excluding hydrogens is 372 g/mol. The Kier molecular flexibility index (Phi) is 6.60. The minimum atomic E-state index is 0.00416. The van der Waals surface area contributed by atoms with Gasteiger partial charge in [-0.3, -0.25) is 19.0 Å². The molecule has 1 fully saturated rings. The summed E-state index contributed by atoms with van der Waals surface area (Å²) in [4.78, 5) is 22.5. The van der Waals surface area contributed by atoms with Crippen LogP contribution in [-0.2, 0) is 13.1 Å². The van der Waals surface area contributed by atoms with E-state index >= 15 is 0 Å². The Morgan fingerprint density at radius 2 is 2.00 bits per heavy atom. The average molecular weight is 405 g/mol. The number of rotatable bonds is 7. The molecule has 1 atom stereocenters. The van der Waals surface area contributed by atoms with Crippen LogP contribution in [0.4, 0.5) is 0 Å². The van der Waals surface area contributed by atoms with Gasteiger partial charge < -0.3 is 0 Å². The lowest BCUT2D eigenvalue weighted by molar-refractivity contribution is 0.0868. The molecule has 0 radical (unpaired) electrons. The second-order valence-corrected chi connectivity index (χ2v) is 8.51. The smallest absolute Gasteiger partial charge is 0.258 e. The van der Waals surface area contributed by atoms with Gasteiger partial charge in [-0.15, -0.1) is 0 Å². The highest BCUT2D eigenvalue weighted by Gasteiger charge is 2.25. The van der Waals surface area contributed by atoms with E-state index in [2.05, 4.69) is 47.1 Å². The van der Waals surface area contributed by atoms with E-state index in [0.717, 1.165) is 56.0 Å². The van der Waals surface area contributed by atoms with E-state index in [1.54, 1.807) is 10.5 Å². The van der Waals surface area contributed by atoms with Crippen molar-refractivity contribution in [2.75, 3.05) is 19.6 Å². The minimum absolute atomic E-state index is 0.00416. The molecule has 3 heterocycles. The van der Waals surface area contributed by atoms with Crippen LogP contribution < -0.4 is 5.56 Å². The van der Waals surface area contributed by atoms with Gasteiger partial charge in [0.25, 0.3) is 5.56 Å². The van der Waals surface area contributed by atoms with E-state index in [9.17, 15) is 4.79 Å². The van der Waals surface area contributed by atoms with E-state index in [0.29, 0.717) is 6.04 Å². The Bertz CT molecular complexity index is 1030. The van der Waals surface area contributed by atoms with Crippen molar-refractivity contribution in [1.29, 1.82) is 0 Å². The average Bonchev–Trinajstić information content (AvgIpc) is 2.75. The molecule has 5 heteroatoms. The SMILES string of the molecule is CCCN(Cc1cc(=O)n2cc(C)ccc2n1)C1CCCN(Cc2ccccc2)C1. The van der Waals surface area contributed by atoms with E-state index in [-0.39, 0.29) is 5.56 Å². The summed E-state index contributed by atoms with van der Waals surface area (Å²) in [6.07, 6.45) is 5.38. The van der Waals surface area contributed by atoms with Crippen molar-refractivity contribution in [3.8, 4) is 0 Å². The fraction of sp³-hybridized carbons (Fsp3) is 0.440. The predicted molar refractivity (Wildman–Crippen MR) is 122 cm³/mol. The molecule has 0 aliphatic carbocycles. The van der Waals surface area contributed by atoms with Crippen molar-refractivity contribution in [2.45, 2.75) is 52.2 Å². The first-order valence-corrected chi connectivity index (χ1v) is 11.1. The zero-order chi connectivity index (χ0) is 20.9. The van der Waals surface area contributed by atoms with Gasteiger partial charge >= 0.3 is 0 Å². The van der Waals surface area contributed by atoms with Crippen LogP contribution in [0.2, 0.25) is 0 Å². The second kappa shape index (κ2) is 9.54. The number of likely N-dealkylation sites (tertiary alicyclic amines) is 1. The Morgan fingerprint density at radius 1 is 1.17 bits per heavy atom. The predicted octanol–water partition coefficient (Wildman–Crippen LogP) is 3.88. The lowest BCUT2D eigenvalue weighted by Crippen LogP contribution is -2.47. The highest BCUT2D eigenvalue weighted by Crippen LogP contribution is 2.20. The molecule has 1 aliphatic heterocycles. The van der Waals surface area contributed by atoms with Crippen molar-refractivity contribution in [2.24, 2.45) is 0 Å². The van der Waals surface area contributed by atoms with Crippen LogP contribution in [-0.4, -0.2) is 44.9 Å². The summed E-state index contributed by atoms with van der Waals surface area (Å²) in [5.41, 5.74) is 4.04. The number of fused-ring (bicyclic) bond motifs is 1. The lowest BCUT2D eigenvalue weighted by Gasteiger charge is -2.39. The quantitative estimate of drug-likeness (QED) is 0.599. The molecule has 0 bridgehead atoms. The summed E-state index contributed by atoms with van der Waals surface area (Å²) >= 11 is 0. The first-order chi connectivity index (χ1) is 14.6. The van der Waals surface area contributed by atoms with Crippen LogP contribution in [0.25, 0.3) is 5.65 Å². The van der Waals surface area contributed by atoms with Crippen LogP contribution in [0.1, 0.15) is 43.0 Å². The number of pyridine rings is 1. The van der Waals surface area contributed by atoms with Gasteiger partial charge in [-0.25, -0.2) is 4.98 Å². The van der Waals surface area contributed by atoms with Crippen LogP contribution in [0.15, 0.2) is 59.5 Å². The summed E-state index contributed by atoms with van der Waals surface area (Å²) in [6.45, 7) is 9.21. The maximum Gasteiger partial charge on any atom is 0.258 e. The van der Waals surface area contributed by atoms with Crippen molar-refractivity contribution in [1.82, 2.24) is 19.2 Å². The van der Waals surface area contributed by atoms with E-state index in [4.69, 9.17) is 4.98 Å². The number of hydrogen-bond acceptors (Lipinski definition) is 4. The van der Waals surface area contributed by atoms with E-state index < -0.39 is 0 Å². The Hall–Kier alpha value is -2.50. The van der Waals surface area contributed by atoms with E-state index in [1.807, 2.05) is 25.3 Å². The third kappa shape index (κ3) is 4.97. The van der Waals surface area contributed by atoms with Crippen LogP contribution in [0, 0.1) is 6.92 Å². The Labute approximate surface area is 179 Å². The molecule has 0 N–H and O–H groups in total. The maximum absolute atomic E-state index is 12.6. The topological polar surface area (TPSA) is 40.9 Å². The summed E-state index contributed by atoms with van der Waals surface area (Å²) in [7, 11) is 0. The van der Waals surface area contributed by atoms with Crippen molar-refractivity contribution in [3.05, 3.63) is 81.9 Å². The van der Waals surface area contributed by atoms with Crippen molar-refractivity contribution < 1.29 is 0 Å². The summed E-state index contributed by atoms with van der Waals surface area (Å²) in [5, 5.41) is 0. The van der Waals surface area contributed by atoms with Crippen LogP contribution >= 0.6 is 0 Å². The molecule has 2 aromatic heterocycles. The first kappa shape index (κ1) is 20.8. The molecule has 0 amide bonds. The Morgan fingerprint density at radius 3 is 2.80 bits per heavy atom. The molecule has 1 aliphatic rings. The van der Waals surface area contributed by atoms with Gasteiger partial charge in [-0.05, 0) is 56.5 Å². The second-order valence-electron chi connectivity index (χ2n) is 8.51. The summed E-state index contributed by atoms with van der Waals surface area (Å²) < 4.78 is 1.64. The molecule has 0 spiro atoms. The van der Waals surface area contributed by atoms with Gasteiger partial charge in [0.1, 0.15) is 5.65 Å². The van der Waals surface area contributed by atoms with Gasteiger partial charge in [0.05, 0.1) is 5.69 Å². The van der Waals surface area contributed by atoms with E-state index in [1.165, 1.54) is 18.4 Å². The minimum Gasteiger partial charge on any atom is -0.298 e. The molecule has 3 aromatic rings. The first-order valence-electron chi connectivity index (χ1n) is 11.1. The number of piperidine rings is 1. The monoisotopic (exact) mass is 404 g/mol. The fourth-order valence-corrected chi connectivity index (χ4v) is 4.54. The molecule has 1 saturated heterocycles. The van der Waals surface area contributed by atoms with Crippen molar-refractivity contribution >= 4 is 5.65 Å². The third-order valence-corrected chi connectivity index (χ3v) is 5.98. The molecule has 5 nitrogen and oxygen atoms in total. The number of aryl methyl sites for hydroxylation is 1. The van der Waals surface area contributed by atoms with Gasteiger partial charge in [0, 0.05) is 37.9 Å². The normalized spacial score (nSPS) is 17.6. The summed E-state index contributed by atoms with van der Waals surface area (Å²) in [5.74, 6) is 0. The van der Waals surface area contributed by atoms with Gasteiger partial charge in [0.2, 0.25) is 0 Å². The third-order valence-electron chi connectivity index (χ3n) is 5.98. The summed E-state index contributed by atoms with van der Waals surface area (Å²) in [6, 6.07) is 16.9. The van der Waals surface area contributed by atoms with Gasteiger partial charge in [0.15, 0.2) is 0 Å². The zero-order valence-electron chi connectivity index (χ0n) is 18.1. The molecule has 4 rings (SSSR count). The highest BCUT2D eigenvalue weighted by molar-refractivity contribution is 5.39. The Balaban J connectivity index is 1.50. The molecule has 30 heavy (non-hydrogen) atoms. The zero-order valence-corrected chi connectivity index (χ0v) is 18.1. The van der Waals surface area contributed by atoms with Gasteiger partial charge in [-0.2, -0.15) is 0 Å². The molecule has 1 aromatic carbocycles. The number of aromatic nitrogens is 2. The van der Waals surface area contributed by atoms with Crippen molar-refractivity contribution in [3.63, 3.8) is 0 Å². The lowest BCUT2D eigenvalue weighted by atomic mass is 10.0. The number of nitrogens with zero attached hydrogens (tertiary/aromatic N) is 4. The molecular formula is C25H32N4O. The molecule has 1 unspecified atom stereocenters. The van der Waals surface area contributed by atoms with Crippen LogP contribution in [0.5, 0.6) is 0 Å². The largest absolute Gasteiger partial charge is 0.298 e. The highest BCUT2D eigenvalue weighted by atomic mass is 16.1.